The first-order chi connectivity index (χ1) is 11.7. The van der Waals surface area contributed by atoms with Crippen molar-refractivity contribution >= 4 is 40.8 Å². The summed E-state index contributed by atoms with van der Waals surface area (Å²) in [6, 6.07) is 20.8. The summed E-state index contributed by atoms with van der Waals surface area (Å²) in [4.78, 5) is 0. The fourth-order valence-electron chi connectivity index (χ4n) is 2.06. The first-order valence-corrected chi connectivity index (χ1v) is 8.01. The summed E-state index contributed by atoms with van der Waals surface area (Å²) >= 11 is 11.3. The Labute approximate surface area is 150 Å². The van der Waals surface area contributed by atoms with Gasteiger partial charge in [0.2, 0.25) is 0 Å². The molecule has 0 unspecified atom stereocenters. The highest BCUT2D eigenvalue weighted by atomic mass is 35.5. The quantitative estimate of drug-likeness (QED) is 0.396. The van der Waals surface area contributed by atoms with Crippen LogP contribution < -0.4 is 10.7 Å². The van der Waals surface area contributed by atoms with Gasteiger partial charge < -0.3 is 9.73 Å². The number of para-hydroxylation sites is 1. The van der Waals surface area contributed by atoms with Gasteiger partial charge in [-0.25, -0.2) is 0 Å². The molecule has 0 fully saturated rings. The summed E-state index contributed by atoms with van der Waals surface area (Å²) in [6.07, 6.45) is 1.55. The normalized spacial score (nSPS) is 10.7. The summed E-state index contributed by atoms with van der Waals surface area (Å²) < 4.78 is 5.71. The predicted octanol–water partition coefficient (Wildman–Crippen LogP) is 4.92. The molecule has 0 bridgehead atoms. The Balaban J connectivity index is 1.60. The lowest BCUT2D eigenvalue weighted by atomic mass is 10.2. The van der Waals surface area contributed by atoms with Crippen molar-refractivity contribution in [3.8, 4) is 11.3 Å². The molecule has 0 aliphatic heterocycles. The minimum atomic E-state index is 0.398. The van der Waals surface area contributed by atoms with Crippen LogP contribution in [0.5, 0.6) is 0 Å². The Hall–Kier alpha value is -2.63. The van der Waals surface area contributed by atoms with E-state index in [9.17, 15) is 0 Å². The van der Waals surface area contributed by atoms with E-state index in [1.54, 1.807) is 6.21 Å². The number of benzene rings is 2. The van der Waals surface area contributed by atoms with Crippen molar-refractivity contribution in [2.75, 3.05) is 5.32 Å². The number of hydrazone groups is 1. The molecule has 0 saturated carbocycles. The zero-order valence-corrected chi connectivity index (χ0v) is 14.1. The topological polar surface area (TPSA) is 49.6 Å². The van der Waals surface area contributed by atoms with E-state index in [4.69, 9.17) is 28.2 Å². The molecule has 0 aliphatic carbocycles. The maximum absolute atomic E-state index is 6.16. The van der Waals surface area contributed by atoms with Gasteiger partial charge in [0, 0.05) is 11.3 Å². The number of hydrogen-bond acceptors (Lipinski definition) is 3. The average molecular weight is 356 g/mol. The fraction of sp³-hybridized carbons (Fsp3) is 0. The third-order valence-electron chi connectivity index (χ3n) is 3.16. The molecule has 3 aromatic rings. The third-order valence-corrected chi connectivity index (χ3v) is 3.68. The van der Waals surface area contributed by atoms with Gasteiger partial charge in [-0.2, -0.15) is 5.10 Å². The standard InChI is InChI=1S/C18H14ClN3OS/c19-16-9-5-4-8-15(16)17-11-10-14(23-17)12-20-22-18(24)21-13-6-2-1-3-7-13/h1-12H,(H2,21,22,24)/b20-12-. The molecule has 1 aromatic heterocycles. The largest absolute Gasteiger partial charge is 0.455 e. The van der Waals surface area contributed by atoms with E-state index >= 15 is 0 Å². The van der Waals surface area contributed by atoms with Gasteiger partial charge in [0.15, 0.2) is 5.11 Å². The van der Waals surface area contributed by atoms with Crippen molar-refractivity contribution < 1.29 is 4.42 Å². The lowest BCUT2D eigenvalue weighted by Crippen LogP contribution is -2.23. The van der Waals surface area contributed by atoms with Crippen LogP contribution in [-0.4, -0.2) is 11.3 Å². The first-order valence-electron chi connectivity index (χ1n) is 7.22. The minimum absolute atomic E-state index is 0.398. The van der Waals surface area contributed by atoms with Gasteiger partial charge in [0.25, 0.3) is 0 Å². The molecule has 24 heavy (non-hydrogen) atoms. The molecule has 1 heterocycles. The van der Waals surface area contributed by atoms with Gasteiger partial charge in [0.05, 0.1) is 11.2 Å². The summed E-state index contributed by atoms with van der Waals surface area (Å²) in [5, 5.41) is 8.13. The second-order valence-corrected chi connectivity index (χ2v) is 5.69. The van der Waals surface area contributed by atoms with E-state index in [0.717, 1.165) is 11.3 Å². The molecule has 0 amide bonds. The first kappa shape index (κ1) is 16.2. The maximum Gasteiger partial charge on any atom is 0.191 e. The number of rotatable bonds is 4. The van der Waals surface area contributed by atoms with Gasteiger partial charge in [-0.3, -0.25) is 5.43 Å². The smallest absolute Gasteiger partial charge is 0.191 e. The molecular formula is C18H14ClN3OS. The second-order valence-electron chi connectivity index (χ2n) is 4.87. The monoisotopic (exact) mass is 355 g/mol. The number of hydrogen-bond donors (Lipinski definition) is 2. The highest BCUT2D eigenvalue weighted by molar-refractivity contribution is 7.80. The lowest BCUT2D eigenvalue weighted by molar-refractivity contribution is 0.574. The number of nitrogens with zero attached hydrogens (tertiary/aromatic N) is 1. The summed E-state index contributed by atoms with van der Waals surface area (Å²) in [5.41, 5.74) is 4.48. The molecule has 6 heteroatoms. The summed E-state index contributed by atoms with van der Waals surface area (Å²) in [6.45, 7) is 0. The van der Waals surface area contributed by atoms with Crippen molar-refractivity contribution in [1.82, 2.24) is 5.43 Å². The van der Waals surface area contributed by atoms with Crippen LogP contribution in [0.15, 0.2) is 76.2 Å². The zero-order chi connectivity index (χ0) is 16.8. The number of thiocarbonyl (C=S) groups is 1. The van der Waals surface area contributed by atoms with Gasteiger partial charge in [-0.1, -0.05) is 41.9 Å². The Morgan fingerprint density at radius 2 is 1.75 bits per heavy atom. The van der Waals surface area contributed by atoms with Crippen LogP contribution >= 0.6 is 23.8 Å². The minimum Gasteiger partial charge on any atom is -0.455 e. The van der Waals surface area contributed by atoms with Crippen LogP contribution in [-0.2, 0) is 0 Å². The fourth-order valence-corrected chi connectivity index (χ4v) is 2.46. The zero-order valence-electron chi connectivity index (χ0n) is 12.6. The molecule has 2 N–H and O–H groups in total. The predicted molar refractivity (Wildman–Crippen MR) is 103 cm³/mol. The van der Waals surface area contributed by atoms with Crippen molar-refractivity contribution in [3.63, 3.8) is 0 Å². The molecule has 3 rings (SSSR count). The Morgan fingerprint density at radius 3 is 2.54 bits per heavy atom. The van der Waals surface area contributed by atoms with E-state index in [1.165, 1.54) is 0 Å². The molecule has 0 saturated heterocycles. The third kappa shape index (κ3) is 4.22. The van der Waals surface area contributed by atoms with Crippen LogP contribution in [0.3, 0.4) is 0 Å². The highest BCUT2D eigenvalue weighted by Gasteiger charge is 2.06. The van der Waals surface area contributed by atoms with Gasteiger partial charge in [-0.15, -0.1) is 0 Å². The van der Waals surface area contributed by atoms with E-state index < -0.39 is 0 Å². The highest BCUT2D eigenvalue weighted by Crippen LogP contribution is 2.28. The van der Waals surface area contributed by atoms with Crippen molar-refractivity contribution in [3.05, 3.63) is 77.5 Å². The summed E-state index contributed by atoms with van der Waals surface area (Å²) in [7, 11) is 0. The molecular weight excluding hydrogens is 342 g/mol. The Morgan fingerprint density at radius 1 is 1.00 bits per heavy atom. The van der Waals surface area contributed by atoms with Crippen LogP contribution in [0.4, 0.5) is 5.69 Å². The maximum atomic E-state index is 6.16. The number of halogens is 1. The van der Waals surface area contributed by atoms with E-state index in [1.807, 2.05) is 66.7 Å². The molecule has 0 radical (unpaired) electrons. The van der Waals surface area contributed by atoms with Crippen LogP contribution in [0.25, 0.3) is 11.3 Å². The van der Waals surface area contributed by atoms with Crippen molar-refractivity contribution in [1.29, 1.82) is 0 Å². The van der Waals surface area contributed by atoms with Crippen LogP contribution in [0, 0.1) is 0 Å². The van der Waals surface area contributed by atoms with Gasteiger partial charge in [0.1, 0.15) is 11.5 Å². The molecule has 2 aromatic carbocycles. The van der Waals surface area contributed by atoms with E-state index in [2.05, 4.69) is 15.8 Å². The van der Waals surface area contributed by atoms with Gasteiger partial charge >= 0.3 is 0 Å². The van der Waals surface area contributed by atoms with Crippen molar-refractivity contribution in [2.24, 2.45) is 5.10 Å². The Bertz CT molecular complexity index is 861. The summed E-state index contributed by atoms with van der Waals surface area (Å²) in [5.74, 6) is 1.28. The molecule has 0 atom stereocenters. The molecule has 0 aliphatic rings. The molecule has 0 spiro atoms. The average Bonchev–Trinajstić information content (AvgIpc) is 3.05. The van der Waals surface area contributed by atoms with E-state index in [-0.39, 0.29) is 0 Å². The number of nitrogens with one attached hydrogen (secondary N) is 2. The number of anilines is 1. The second kappa shape index (κ2) is 7.77. The lowest BCUT2D eigenvalue weighted by Gasteiger charge is -2.05. The molecule has 4 nitrogen and oxygen atoms in total. The SMILES string of the molecule is S=C(N/N=C\c1ccc(-c2ccccc2Cl)o1)Nc1ccccc1. The van der Waals surface area contributed by atoms with Crippen molar-refractivity contribution in [2.45, 2.75) is 0 Å². The van der Waals surface area contributed by atoms with E-state index in [0.29, 0.717) is 21.7 Å². The van der Waals surface area contributed by atoms with Gasteiger partial charge in [-0.05, 0) is 48.6 Å². The van der Waals surface area contributed by atoms with Crippen LogP contribution in [0.1, 0.15) is 5.76 Å². The number of furan rings is 1. The molecule has 120 valence electrons. The van der Waals surface area contributed by atoms with Crippen LogP contribution in [0.2, 0.25) is 5.02 Å². The Kier molecular flexibility index (Phi) is 5.25.